The number of rotatable bonds is 9. The molecule has 0 saturated heterocycles. The molecule has 9 heteroatoms. The summed E-state index contributed by atoms with van der Waals surface area (Å²) in [5, 5.41) is 0. The van der Waals surface area contributed by atoms with E-state index in [9.17, 15) is 19.2 Å². The zero-order valence-electron chi connectivity index (χ0n) is 13.8. The van der Waals surface area contributed by atoms with Crippen LogP contribution in [0.5, 0.6) is 0 Å². The Hall–Kier alpha value is -2.16. The summed E-state index contributed by atoms with van der Waals surface area (Å²) in [6.07, 6.45) is -3.39. The molecule has 0 aromatic heterocycles. The van der Waals surface area contributed by atoms with Crippen LogP contribution in [0.1, 0.15) is 27.7 Å². The minimum atomic E-state index is -1.19. The van der Waals surface area contributed by atoms with Gasteiger partial charge in [0.1, 0.15) is 6.61 Å². The molecule has 0 rings (SSSR count). The summed E-state index contributed by atoms with van der Waals surface area (Å²) in [6, 6.07) is 0. The zero-order chi connectivity index (χ0) is 18.0. The van der Waals surface area contributed by atoms with Gasteiger partial charge in [0, 0.05) is 34.8 Å². The van der Waals surface area contributed by atoms with Crippen molar-refractivity contribution in [3.05, 3.63) is 0 Å². The van der Waals surface area contributed by atoms with E-state index < -0.39 is 42.2 Å². The Morgan fingerprint density at radius 1 is 0.696 bits per heavy atom. The van der Waals surface area contributed by atoms with Gasteiger partial charge >= 0.3 is 23.9 Å². The van der Waals surface area contributed by atoms with E-state index in [0.717, 1.165) is 13.8 Å². The van der Waals surface area contributed by atoms with Crippen LogP contribution in [-0.4, -0.2) is 62.5 Å². The number of carbonyl (C=O) groups excluding carboxylic acids is 4. The van der Waals surface area contributed by atoms with Crippen LogP contribution >= 0.6 is 0 Å². The summed E-state index contributed by atoms with van der Waals surface area (Å²) in [6.45, 7) is 4.14. The third-order valence-electron chi connectivity index (χ3n) is 2.45. The maximum absolute atomic E-state index is 11.3. The Morgan fingerprint density at radius 3 is 1.48 bits per heavy atom. The first-order chi connectivity index (χ1) is 10.7. The van der Waals surface area contributed by atoms with Crippen molar-refractivity contribution >= 4 is 23.9 Å². The fourth-order valence-corrected chi connectivity index (χ4v) is 1.76. The molecule has 9 nitrogen and oxygen atoms in total. The molecule has 0 saturated carbocycles. The summed E-state index contributed by atoms with van der Waals surface area (Å²) in [5.74, 6) is -2.63. The van der Waals surface area contributed by atoms with Crippen LogP contribution in [0.2, 0.25) is 0 Å². The maximum Gasteiger partial charge on any atom is 0.303 e. The largest absolute Gasteiger partial charge is 0.462 e. The van der Waals surface area contributed by atoms with Crippen LogP contribution in [0.3, 0.4) is 0 Å². The molecule has 132 valence electrons. The average Bonchev–Trinajstić information content (AvgIpc) is 2.39. The van der Waals surface area contributed by atoms with Gasteiger partial charge in [-0.3, -0.25) is 19.2 Å². The summed E-state index contributed by atoms with van der Waals surface area (Å²) >= 11 is 0. The van der Waals surface area contributed by atoms with Crippen molar-refractivity contribution in [2.45, 2.75) is 46.0 Å². The van der Waals surface area contributed by atoms with E-state index in [0.29, 0.717) is 0 Å². The quantitative estimate of drug-likeness (QED) is 0.424. The zero-order valence-corrected chi connectivity index (χ0v) is 13.8. The van der Waals surface area contributed by atoms with E-state index in [1.165, 1.54) is 21.0 Å². The SMILES string of the molecule is COCC(OC(C)=O)C(OC(C)=O)C(COC(C)=O)OC(C)=O. The molecule has 3 atom stereocenters. The van der Waals surface area contributed by atoms with Crippen LogP contribution in [0.15, 0.2) is 0 Å². The fraction of sp³-hybridized carbons (Fsp3) is 0.714. The standard InChI is InChI=1S/C14H22O9/c1-8(15)20-7-13(22-10(3)17)14(23-11(4)18)12(6-19-5)21-9(2)16/h12-14H,6-7H2,1-5H3. The molecule has 3 unspecified atom stereocenters. The smallest absolute Gasteiger partial charge is 0.303 e. The van der Waals surface area contributed by atoms with Crippen LogP contribution in [0.25, 0.3) is 0 Å². The molecule has 0 aromatic carbocycles. The second-order valence-corrected chi connectivity index (χ2v) is 4.63. The van der Waals surface area contributed by atoms with E-state index in [1.54, 1.807) is 0 Å². The van der Waals surface area contributed by atoms with Gasteiger partial charge in [0.15, 0.2) is 18.3 Å². The fourth-order valence-electron chi connectivity index (χ4n) is 1.76. The molecule has 0 aliphatic heterocycles. The molecule has 0 aromatic rings. The summed E-state index contributed by atoms with van der Waals surface area (Å²) in [7, 11) is 1.36. The van der Waals surface area contributed by atoms with E-state index in [4.69, 9.17) is 23.7 Å². The predicted octanol–water partition coefficient (Wildman–Crippen LogP) is -0.00900. The lowest BCUT2D eigenvalue weighted by Crippen LogP contribution is -2.49. The van der Waals surface area contributed by atoms with Gasteiger partial charge in [0.25, 0.3) is 0 Å². The second kappa shape index (κ2) is 10.5. The molecular formula is C14H22O9. The molecule has 0 radical (unpaired) electrons. The van der Waals surface area contributed by atoms with Crippen molar-refractivity contribution in [3.63, 3.8) is 0 Å². The van der Waals surface area contributed by atoms with Crippen molar-refractivity contribution < 1.29 is 42.9 Å². The van der Waals surface area contributed by atoms with Gasteiger partial charge < -0.3 is 23.7 Å². The third-order valence-corrected chi connectivity index (χ3v) is 2.45. The Labute approximate surface area is 134 Å². The van der Waals surface area contributed by atoms with Crippen molar-refractivity contribution in [2.75, 3.05) is 20.3 Å². The lowest BCUT2D eigenvalue weighted by molar-refractivity contribution is -0.192. The molecule has 0 bridgehead atoms. The minimum Gasteiger partial charge on any atom is -0.462 e. The van der Waals surface area contributed by atoms with E-state index >= 15 is 0 Å². The summed E-state index contributed by atoms with van der Waals surface area (Å²) in [4.78, 5) is 44.8. The highest BCUT2D eigenvalue weighted by atomic mass is 16.6. The first-order valence-corrected chi connectivity index (χ1v) is 6.81. The number of ether oxygens (including phenoxy) is 5. The van der Waals surface area contributed by atoms with E-state index in [2.05, 4.69) is 0 Å². The average molecular weight is 334 g/mol. The van der Waals surface area contributed by atoms with Gasteiger partial charge in [-0.25, -0.2) is 0 Å². The molecule has 0 amide bonds. The Kier molecular flexibility index (Phi) is 9.56. The molecule has 0 heterocycles. The molecule has 23 heavy (non-hydrogen) atoms. The topological polar surface area (TPSA) is 114 Å². The first-order valence-electron chi connectivity index (χ1n) is 6.81. The monoisotopic (exact) mass is 334 g/mol. The highest BCUT2D eigenvalue weighted by Gasteiger charge is 2.37. The van der Waals surface area contributed by atoms with Crippen LogP contribution in [0.4, 0.5) is 0 Å². The lowest BCUT2D eigenvalue weighted by atomic mass is 10.1. The second-order valence-electron chi connectivity index (χ2n) is 4.63. The number of hydrogen-bond donors (Lipinski definition) is 0. The number of methoxy groups -OCH3 is 1. The van der Waals surface area contributed by atoms with Crippen LogP contribution < -0.4 is 0 Å². The minimum absolute atomic E-state index is 0.116. The lowest BCUT2D eigenvalue weighted by Gasteiger charge is -2.31. The van der Waals surface area contributed by atoms with Crippen molar-refractivity contribution in [1.82, 2.24) is 0 Å². The highest BCUT2D eigenvalue weighted by molar-refractivity contribution is 5.68. The Morgan fingerprint density at radius 2 is 1.13 bits per heavy atom. The van der Waals surface area contributed by atoms with Crippen molar-refractivity contribution in [3.8, 4) is 0 Å². The van der Waals surface area contributed by atoms with E-state index in [1.807, 2.05) is 0 Å². The Balaban J connectivity index is 5.41. The molecule has 0 fully saturated rings. The third kappa shape index (κ3) is 9.46. The number of hydrogen-bond acceptors (Lipinski definition) is 9. The number of carbonyl (C=O) groups is 4. The van der Waals surface area contributed by atoms with Crippen LogP contribution in [-0.2, 0) is 42.9 Å². The summed E-state index contributed by atoms with van der Waals surface area (Å²) in [5.41, 5.74) is 0. The first kappa shape index (κ1) is 20.8. The van der Waals surface area contributed by atoms with Crippen molar-refractivity contribution in [2.24, 2.45) is 0 Å². The van der Waals surface area contributed by atoms with Gasteiger partial charge in [-0.1, -0.05) is 0 Å². The molecule has 0 aliphatic carbocycles. The number of esters is 4. The van der Waals surface area contributed by atoms with Gasteiger partial charge in [-0.05, 0) is 0 Å². The van der Waals surface area contributed by atoms with Gasteiger partial charge in [-0.15, -0.1) is 0 Å². The van der Waals surface area contributed by atoms with Crippen molar-refractivity contribution in [1.29, 1.82) is 0 Å². The van der Waals surface area contributed by atoms with Gasteiger partial charge in [0.2, 0.25) is 0 Å². The van der Waals surface area contributed by atoms with E-state index in [-0.39, 0.29) is 13.2 Å². The normalized spacial score (nSPS) is 14.1. The highest BCUT2D eigenvalue weighted by Crippen LogP contribution is 2.15. The molecule has 0 aliphatic rings. The van der Waals surface area contributed by atoms with Crippen LogP contribution in [0, 0.1) is 0 Å². The van der Waals surface area contributed by atoms with Gasteiger partial charge in [0.05, 0.1) is 6.61 Å². The maximum atomic E-state index is 11.3. The van der Waals surface area contributed by atoms with Gasteiger partial charge in [-0.2, -0.15) is 0 Å². The summed E-state index contributed by atoms with van der Waals surface area (Å²) < 4.78 is 24.9. The molecular weight excluding hydrogens is 312 g/mol. The Bertz CT molecular complexity index is 432. The molecule has 0 spiro atoms. The predicted molar refractivity (Wildman–Crippen MR) is 75.2 cm³/mol. The molecule has 0 N–H and O–H groups in total.